The minimum Gasteiger partial charge on any atom is -0.481 e. The molecule has 2 aromatic heterocycles. The topological polar surface area (TPSA) is 128 Å². The Morgan fingerprint density at radius 3 is 2.82 bits per heavy atom. The van der Waals surface area contributed by atoms with Crippen LogP contribution in [0.1, 0.15) is 31.4 Å². The first-order valence-electron chi connectivity index (χ1n) is 9.46. The van der Waals surface area contributed by atoms with Gasteiger partial charge >= 0.3 is 5.97 Å². The average molecular weight is 385 g/mol. The smallest absolute Gasteiger partial charge is 0.308 e. The van der Waals surface area contributed by atoms with Crippen molar-refractivity contribution in [1.29, 1.82) is 0 Å². The van der Waals surface area contributed by atoms with E-state index in [9.17, 15) is 14.3 Å². The van der Waals surface area contributed by atoms with E-state index in [0.29, 0.717) is 28.5 Å². The normalized spacial score (nSPS) is 31.6. The zero-order valence-electron chi connectivity index (χ0n) is 15.0. The fourth-order valence-electron chi connectivity index (χ4n) is 4.87. The molecule has 9 nitrogen and oxygen atoms in total. The quantitative estimate of drug-likeness (QED) is 0.627. The molecule has 3 fully saturated rings. The number of halogens is 1. The standard InChI is InChI=1S/C18H20FN7O2/c19-10-5-11-15(24-26-16(11)20-6-10)17-23-12(7-21-25-17)22-14-9-3-1-8(2-4-9)13(14)18(27)28/h5-9,12-14,22H,1-4H2,(H,23,25)(H,27,28)(H,20,24,26). The highest BCUT2D eigenvalue weighted by Crippen LogP contribution is 2.45. The van der Waals surface area contributed by atoms with E-state index in [1.54, 1.807) is 6.21 Å². The van der Waals surface area contributed by atoms with Crippen LogP contribution >= 0.6 is 0 Å². The molecule has 0 saturated heterocycles. The van der Waals surface area contributed by atoms with E-state index in [1.165, 1.54) is 6.07 Å². The van der Waals surface area contributed by atoms with Crippen molar-refractivity contribution in [2.24, 2.45) is 27.8 Å². The third-order valence-electron chi connectivity index (χ3n) is 6.13. The third kappa shape index (κ3) is 2.84. The number of rotatable bonds is 4. The van der Waals surface area contributed by atoms with Crippen LogP contribution in [-0.4, -0.2) is 50.5 Å². The number of aromatic amines is 1. The second-order valence-corrected chi connectivity index (χ2v) is 7.67. The minimum absolute atomic E-state index is 0.137. The van der Waals surface area contributed by atoms with Gasteiger partial charge in [-0.3, -0.25) is 20.6 Å². The molecule has 2 bridgehead atoms. The molecular formula is C18H20FN7O2. The van der Waals surface area contributed by atoms with E-state index >= 15 is 0 Å². The van der Waals surface area contributed by atoms with E-state index in [2.05, 4.69) is 36.0 Å². The van der Waals surface area contributed by atoms with Crippen LogP contribution in [-0.2, 0) is 4.79 Å². The lowest BCUT2D eigenvalue weighted by atomic mass is 9.61. The molecule has 4 aliphatic rings. The summed E-state index contributed by atoms with van der Waals surface area (Å²) in [6.45, 7) is 0. The molecule has 10 heteroatoms. The molecule has 0 radical (unpaired) electrons. The molecule has 2 aromatic rings. The van der Waals surface area contributed by atoms with Gasteiger partial charge in [0, 0.05) is 6.04 Å². The molecule has 1 aliphatic heterocycles. The first-order chi connectivity index (χ1) is 13.6. The second kappa shape index (κ2) is 6.62. The molecule has 146 valence electrons. The Labute approximate surface area is 159 Å². The first kappa shape index (κ1) is 17.2. The van der Waals surface area contributed by atoms with Gasteiger partial charge < -0.3 is 5.11 Å². The van der Waals surface area contributed by atoms with Crippen molar-refractivity contribution >= 4 is 29.1 Å². The lowest BCUT2D eigenvalue weighted by molar-refractivity contribution is -0.149. The zero-order chi connectivity index (χ0) is 19.3. The number of nitrogens with one attached hydrogen (secondary N) is 3. The van der Waals surface area contributed by atoms with Gasteiger partial charge in [0.2, 0.25) is 0 Å². The number of aromatic nitrogens is 3. The van der Waals surface area contributed by atoms with Crippen LogP contribution in [0.2, 0.25) is 0 Å². The molecular weight excluding hydrogens is 365 g/mol. The Bertz CT molecular complexity index is 979. The van der Waals surface area contributed by atoms with Crippen molar-refractivity contribution in [3.8, 4) is 0 Å². The summed E-state index contributed by atoms with van der Waals surface area (Å²) in [6, 6.07) is 1.20. The molecule has 3 unspecified atom stereocenters. The van der Waals surface area contributed by atoms with Crippen LogP contribution in [0, 0.1) is 23.6 Å². The van der Waals surface area contributed by atoms with Gasteiger partial charge in [0.1, 0.15) is 17.7 Å². The number of aliphatic carboxylic acids is 1. The van der Waals surface area contributed by atoms with Gasteiger partial charge in [0.15, 0.2) is 11.5 Å². The summed E-state index contributed by atoms with van der Waals surface area (Å²) in [5, 5.41) is 24.7. The molecule has 0 aromatic carbocycles. The van der Waals surface area contributed by atoms with Crippen LogP contribution in [0.3, 0.4) is 0 Å². The summed E-state index contributed by atoms with van der Waals surface area (Å²) in [6.07, 6.45) is 6.29. The summed E-state index contributed by atoms with van der Waals surface area (Å²) in [4.78, 5) is 20.4. The summed E-state index contributed by atoms with van der Waals surface area (Å²) in [7, 11) is 0. The fraction of sp³-hybridized carbons (Fsp3) is 0.500. The maximum absolute atomic E-state index is 13.6. The highest BCUT2D eigenvalue weighted by atomic mass is 19.1. The number of H-pyrrole nitrogens is 1. The van der Waals surface area contributed by atoms with Crippen LogP contribution < -0.4 is 10.7 Å². The number of carboxylic acid groups (broad SMARTS) is 1. The predicted molar refractivity (Wildman–Crippen MR) is 99.3 cm³/mol. The SMILES string of the molecule is O=C(O)C1C2CCC(CC2)C1NC1C=NNC(c2[nH]nc3ncc(F)cc23)=N1. The lowest BCUT2D eigenvalue weighted by Crippen LogP contribution is -2.57. The summed E-state index contributed by atoms with van der Waals surface area (Å²) in [5.74, 6) is -0.661. The number of carbonyl (C=O) groups is 1. The molecule has 3 heterocycles. The van der Waals surface area contributed by atoms with Crippen molar-refractivity contribution in [2.45, 2.75) is 37.9 Å². The maximum Gasteiger partial charge on any atom is 0.308 e. The molecule has 3 saturated carbocycles. The monoisotopic (exact) mass is 385 g/mol. The lowest BCUT2D eigenvalue weighted by Gasteiger charge is -2.47. The zero-order valence-corrected chi connectivity index (χ0v) is 15.0. The van der Waals surface area contributed by atoms with E-state index in [-0.39, 0.29) is 12.0 Å². The van der Waals surface area contributed by atoms with Crippen molar-refractivity contribution < 1.29 is 14.3 Å². The van der Waals surface area contributed by atoms with Crippen molar-refractivity contribution in [3.63, 3.8) is 0 Å². The molecule has 0 spiro atoms. The number of nitrogens with zero attached hydrogens (tertiary/aromatic N) is 4. The highest BCUT2D eigenvalue weighted by molar-refractivity contribution is 6.08. The van der Waals surface area contributed by atoms with Crippen molar-refractivity contribution in [2.75, 3.05) is 0 Å². The van der Waals surface area contributed by atoms with Gasteiger partial charge in [-0.15, -0.1) is 0 Å². The van der Waals surface area contributed by atoms with Gasteiger partial charge in [-0.05, 0) is 43.6 Å². The van der Waals surface area contributed by atoms with Crippen molar-refractivity contribution in [3.05, 3.63) is 23.8 Å². The number of hydrazone groups is 1. The molecule has 6 rings (SSSR count). The van der Waals surface area contributed by atoms with E-state index in [1.807, 2.05) is 0 Å². The van der Waals surface area contributed by atoms with Crippen LogP contribution in [0.15, 0.2) is 22.4 Å². The van der Waals surface area contributed by atoms with E-state index in [4.69, 9.17) is 0 Å². The fourth-order valence-corrected chi connectivity index (χ4v) is 4.87. The summed E-state index contributed by atoms with van der Waals surface area (Å²) >= 11 is 0. The number of pyridine rings is 1. The second-order valence-electron chi connectivity index (χ2n) is 7.67. The van der Waals surface area contributed by atoms with E-state index < -0.39 is 23.9 Å². The first-order valence-corrected chi connectivity index (χ1v) is 9.46. The number of hydrogen-bond acceptors (Lipinski definition) is 7. The Kier molecular flexibility index (Phi) is 4.08. The van der Waals surface area contributed by atoms with E-state index in [0.717, 1.165) is 31.9 Å². The molecule has 3 aliphatic carbocycles. The number of fused-ring (bicyclic) bond motifs is 4. The molecule has 28 heavy (non-hydrogen) atoms. The highest BCUT2D eigenvalue weighted by Gasteiger charge is 2.47. The average Bonchev–Trinajstić information content (AvgIpc) is 3.12. The van der Waals surface area contributed by atoms with Crippen LogP contribution in [0.25, 0.3) is 11.0 Å². The Morgan fingerprint density at radius 1 is 1.25 bits per heavy atom. The maximum atomic E-state index is 13.6. The Hall–Kier alpha value is -2.88. The molecule has 0 amide bonds. The number of aliphatic imine (C=N–C) groups is 1. The van der Waals surface area contributed by atoms with Gasteiger partial charge in [-0.1, -0.05) is 0 Å². The van der Waals surface area contributed by atoms with Gasteiger partial charge in [-0.2, -0.15) is 10.2 Å². The van der Waals surface area contributed by atoms with Gasteiger partial charge in [-0.25, -0.2) is 14.4 Å². The van der Waals surface area contributed by atoms with Crippen LogP contribution in [0.5, 0.6) is 0 Å². The Morgan fingerprint density at radius 2 is 2.04 bits per heavy atom. The number of carboxylic acids is 1. The molecule has 3 atom stereocenters. The van der Waals surface area contributed by atoms with Crippen LogP contribution in [0.4, 0.5) is 4.39 Å². The minimum atomic E-state index is -0.747. The molecule has 4 N–H and O–H groups in total. The number of amidine groups is 1. The van der Waals surface area contributed by atoms with Gasteiger partial charge in [0.05, 0.1) is 23.7 Å². The van der Waals surface area contributed by atoms with Gasteiger partial charge in [0.25, 0.3) is 0 Å². The largest absolute Gasteiger partial charge is 0.481 e. The third-order valence-corrected chi connectivity index (χ3v) is 6.13. The van der Waals surface area contributed by atoms with Crippen molar-refractivity contribution in [1.82, 2.24) is 25.9 Å². The number of hydrogen-bond donors (Lipinski definition) is 4. The predicted octanol–water partition coefficient (Wildman–Crippen LogP) is 1.24. The summed E-state index contributed by atoms with van der Waals surface area (Å²) in [5.41, 5.74) is 3.69. The summed E-state index contributed by atoms with van der Waals surface area (Å²) < 4.78 is 13.6. The Balaban J connectivity index is 1.42.